The van der Waals surface area contributed by atoms with Crippen molar-refractivity contribution in [2.45, 2.75) is 0 Å². The lowest BCUT2D eigenvalue weighted by Gasteiger charge is -2.05. The molecule has 0 N–H and O–H groups in total. The Balaban J connectivity index is 3.56. The van der Waals surface area contributed by atoms with E-state index in [9.17, 15) is 0 Å². The van der Waals surface area contributed by atoms with Crippen LogP contribution >= 0.6 is 28.7 Å². The molecule has 0 aliphatic carbocycles. The fourth-order valence-electron chi connectivity index (χ4n) is 0.0894. The van der Waals surface area contributed by atoms with Gasteiger partial charge < -0.3 is 4.90 Å². The Kier molecular flexibility index (Phi) is 3.46. The van der Waals surface area contributed by atoms with E-state index in [-0.39, 0.29) is 0 Å². The van der Waals surface area contributed by atoms with Crippen LogP contribution in [0.5, 0.6) is 0 Å². The van der Waals surface area contributed by atoms with Crippen molar-refractivity contribution < 1.29 is 0 Å². The molecule has 0 rings (SSSR count). The van der Waals surface area contributed by atoms with Gasteiger partial charge in [-0.15, -0.1) is 0 Å². The lowest BCUT2D eigenvalue weighted by Crippen LogP contribution is -2.14. The van der Waals surface area contributed by atoms with Crippen LogP contribution in [0, 0.1) is 0 Å². The molecule has 0 bridgehead atoms. The fraction of sp³-hybridized carbons (Fsp3) is 0.667. The molecule has 0 unspecified atom stereocenters. The topological polar surface area (TPSA) is 15.6 Å². The summed E-state index contributed by atoms with van der Waals surface area (Å²) in [6.45, 7) is 0. The Labute approximate surface area is 57.3 Å². The van der Waals surface area contributed by atoms with Crippen molar-refractivity contribution in [1.29, 1.82) is 0 Å². The lowest BCUT2D eigenvalue weighted by atomic mass is 11.0. The van der Waals surface area contributed by atoms with Gasteiger partial charge in [0.25, 0.3) is 0 Å². The zero-order valence-electron chi connectivity index (χ0n) is 4.22. The molecule has 0 aromatic heterocycles. The second kappa shape index (κ2) is 3.32. The van der Waals surface area contributed by atoms with E-state index in [1.54, 1.807) is 0 Å². The predicted octanol–water partition coefficient (Wildman–Crippen LogP) is 1.14. The largest absolute Gasteiger partial charge is 0.356 e. The second-order valence-corrected chi connectivity index (χ2v) is 2.17. The Morgan fingerprint density at radius 1 is 1.71 bits per heavy atom. The smallest absolute Gasteiger partial charge is 0.179 e. The first-order valence-electron chi connectivity index (χ1n) is 1.73. The van der Waals surface area contributed by atoms with E-state index in [1.165, 1.54) is 0 Å². The highest BCUT2D eigenvalue weighted by Gasteiger charge is 1.89. The van der Waals surface area contributed by atoms with E-state index in [0.717, 1.165) is 4.74 Å². The summed E-state index contributed by atoms with van der Waals surface area (Å²) in [6, 6.07) is 0. The molecule has 7 heavy (non-hydrogen) atoms. The average molecular weight is 183 g/mol. The molecule has 0 atom stereocenters. The maximum atomic E-state index is 3.65. The van der Waals surface area contributed by atoms with Crippen LogP contribution in [-0.4, -0.2) is 23.7 Å². The van der Waals surface area contributed by atoms with Crippen molar-refractivity contribution >= 4 is 33.5 Å². The van der Waals surface area contributed by atoms with Crippen LogP contribution in [0.3, 0.4) is 0 Å². The molecule has 0 aromatic carbocycles. The Morgan fingerprint density at radius 2 is 2.14 bits per heavy atom. The van der Waals surface area contributed by atoms with Gasteiger partial charge in [-0.25, -0.2) is 0 Å². The maximum absolute atomic E-state index is 3.65. The number of nitrogens with zero attached hydrogens (tertiary/aromatic N) is 2. The van der Waals surface area contributed by atoms with Crippen LogP contribution in [0.2, 0.25) is 0 Å². The van der Waals surface area contributed by atoms with Crippen LogP contribution in [0.4, 0.5) is 0 Å². The van der Waals surface area contributed by atoms with Crippen molar-refractivity contribution in [3.05, 3.63) is 0 Å². The van der Waals surface area contributed by atoms with E-state index >= 15 is 0 Å². The van der Waals surface area contributed by atoms with Gasteiger partial charge in [-0.3, -0.25) is 0 Å². The number of rotatable bonds is 0. The molecular weight excluding hydrogens is 176 g/mol. The van der Waals surface area contributed by atoms with Crippen molar-refractivity contribution in [1.82, 2.24) is 4.90 Å². The number of hydrogen-bond donors (Lipinski definition) is 1. The molecule has 2 nitrogen and oxygen atoms in total. The number of halogens is 1. The molecular formula is C3H7BrN2S. The first kappa shape index (κ1) is 7.30. The molecule has 0 saturated carbocycles. The van der Waals surface area contributed by atoms with Gasteiger partial charge in [0.2, 0.25) is 0 Å². The van der Waals surface area contributed by atoms with E-state index in [4.69, 9.17) is 0 Å². The van der Waals surface area contributed by atoms with Crippen molar-refractivity contribution in [2.75, 3.05) is 14.1 Å². The standard InChI is InChI=1S/C3H7BrN2S/c1-6(2)3(4)5-7/h7H,1-2H3. The van der Waals surface area contributed by atoms with Gasteiger partial charge in [0.15, 0.2) is 4.74 Å². The molecule has 0 aliphatic rings. The maximum Gasteiger partial charge on any atom is 0.179 e. The van der Waals surface area contributed by atoms with Gasteiger partial charge in [-0.2, -0.15) is 4.40 Å². The third kappa shape index (κ3) is 2.93. The fourth-order valence-corrected chi connectivity index (χ4v) is 0.268. The van der Waals surface area contributed by atoms with E-state index in [2.05, 4.69) is 33.1 Å². The molecule has 0 saturated heterocycles. The summed E-state index contributed by atoms with van der Waals surface area (Å²) in [6.07, 6.45) is 0. The monoisotopic (exact) mass is 182 g/mol. The van der Waals surface area contributed by atoms with Gasteiger partial charge in [0.05, 0.1) is 0 Å². The van der Waals surface area contributed by atoms with Crippen LogP contribution < -0.4 is 0 Å². The second-order valence-electron chi connectivity index (χ2n) is 1.26. The minimum Gasteiger partial charge on any atom is -0.356 e. The van der Waals surface area contributed by atoms with Crippen LogP contribution in [0.1, 0.15) is 0 Å². The summed E-state index contributed by atoms with van der Waals surface area (Å²) < 4.78 is 4.27. The summed E-state index contributed by atoms with van der Waals surface area (Å²) in [5.74, 6) is 0. The van der Waals surface area contributed by atoms with E-state index < -0.39 is 0 Å². The molecule has 0 heterocycles. The Bertz CT molecular complexity index is 81.0. The third-order valence-corrected chi connectivity index (χ3v) is 1.80. The highest BCUT2D eigenvalue weighted by Crippen LogP contribution is 1.93. The predicted molar refractivity (Wildman–Crippen MR) is 39.0 cm³/mol. The summed E-state index contributed by atoms with van der Waals surface area (Å²) in [7, 11) is 3.76. The van der Waals surface area contributed by atoms with Crippen LogP contribution in [0.25, 0.3) is 0 Å². The Hall–Kier alpha value is 0.300. The van der Waals surface area contributed by atoms with Gasteiger partial charge in [-0.05, 0) is 28.7 Å². The average Bonchev–Trinajstić information content (AvgIpc) is 1.65. The lowest BCUT2D eigenvalue weighted by molar-refractivity contribution is 0.640. The molecule has 0 radical (unpaired) electrons. The normalized spacial score (nSPS) is 11.7. The van der Waals surface area contributed by atoms with Crippen LogP contribution in [0.15, 0.2) is 4.40 Å². The molecule has 4 heteroatoms. The molecule has 0 amide bonds. The Morgan fingerprint density at radius 3 is 2.14 bits per heavy atom. The van der Waals surface area contributed by atoms with E-state index in [1.807, 2.05) is 19.0 Å². The highest BCUT2D eigenvalue weighted by molar-refractivity contribution is 9.18. The van der Waals surface area contributed by atoms with Crippen LogP contribution in [-0.2, 0) is 0 Å². The minimum absolute atomic E-state index is 0.732. The van der Waals surface area contributed by atoms with Gasteiger partial charge in [0.1, 0.15) is 0 Å². The number of thiol groups is 1. The first-order chi connectivity index (χ1) is 3.18. The number of hydrogen-bond acceptors (Lipinski definition) is 2. The van der Waals surface area contributed by atoms with Crippen molar-refractivity contribution in [3.63, 3.8) is 0 Å². The zero-order valence-corrected chi connectivity index (χ0v) is 6.70. The summed E-state index contributed by atoms with van der Waals surface area (Å²) in [5.41, 5.74) is 0. The van der Waals surface area contributed by atoms with Gasteiger partial charge in [-0.1, -0.05) is 0 Å². The zero-order chi connectivity index (χ0) is 5.86. The van der Waals surface area contributed by atoms with Crippen molar-refractivity contribution in [2.24, 2.45) is 4.40 Å². The summed E-state index contributed by atoms with van der Waals surface area (Å²) >= 11 is 6.79. The SMILES string of the molecule is CN(C)C(Br)=NS. The quantitative estimate of drug-likeness (QED) is 0.257. The van der Waals surface area contributed by atoms with Crippen molar-refractivity contribution in [3.8, 4) is 0 Å². The third-order valence-electron chi connectivity index (χ3n) is 0.452. The molecule has 0 aliphatic heterocycles. The first-order valence-corrected chi connectivity index (χ1v) is 2.92. The summed E-state index contributed by atoms with van der Waals surface area (Å²) in [4.78, 5) is 1.81. The molecule has 0 fully saturated rings. The molecule has 0 aromatic rings. The molecule has 0 spiro atoms. The minimum atomic E-state index is 0.732. The van der Waals surface area contributed by atoms with Gasteiger partial charge >= 0.3 is 0 Å². The van der Waals surface area contributed by atoms with E-state index in [0.29, 0.717) is 0 Å². The highest BCUT2D eigenvalue weighted by atomic mass is 79.9. The molecule has 42 valence electrons. The number of amidine groups is 1. The van der Waals surface area contributed by atoms with Gasteiger partial charge in [0, 0.05) is 14.1 Å². The summed E-state index contributed by atoms with van der Waals surface area (Å²) in [5, 5.41) is 0.